The molecule has 0 bridgehead atoms. The number of aryl methyl sites for hydroxylation is 1. The van der Waals surface area contributed by atoms with Gasteiger partial charge in [-0.15, -0.1) is 12.4 Å². The van der Waals surface area contributed by atoms with E-state index in [9.17, 15) is 14.0 Å². The molecule has 1 fully saturated rings. The van der Waals surface area contributed by atoms with Crippen molar-refractivity contribution in [2.24, 2.45) is 0 Å². The zero-order chi connectivity index (χ0) is 19.2. The predicted octanol–water partition coefficient (Wildman–Crippen LogP) is 2.45. The van der Waals surface area contributed by atoms with Crippen molar-refractivity contribution >= 4 is 18.3 Å². The second kappa shape index (κ2) is 10.2. The lowest BCUT2D eigenvalue weighted by atomic mass is 10.0. The number of hydrogen-bond donors (Lipinski definition) is 2. The third-order valence-corrected chi connectivity index (χ3v) is 4.74. The molecular formula is C20H25ClFN3O3. The van der Waals surface area contributed by atoms with E-state index in [1.807, 2.05) is 0 Å². The first-order valence-corrected chi connectivity index (χ1v) is 9.16. The highest BCUT2D eigenvalue weighted by Gasteiger charge is 2.21. The largest absolute Gasteiger partial charge is 0.489 e. The molecule has 3 rings (SSSR count). The summed E-state index contributed by atoms with van der Waals surface area (Å²) in [6.45, 7) is 3.76. The highest BCUT2D eigenvalue weighted by atomic mass is 35.5. The molecule has 0 unspecified atom stereocenters. The van der Waals surface area contributed by atoms with Crippen LogP contribution in [0, 0.1) is 12.7 Å². The van der Waals surface area contributed by atoms with Crippen molar-refractivity contribution in [3.8, 4) is 5.75 Å². The SMILES string of the molecule is Cc1ccn(C2CCNCC2)c(=O)c1C(=O)NCCOc1ccccc1F.Cl. The summed E-state index contributed by atoms with van der Waals surface area (Å²) >= 11 is 0. The van der Waals surface area contributed by atoms with Gasteiger partial charge in [-0.3, -0.25) is 9.59 Å². The van der Waals surface area contributed by atoms with Gasteiger partial charge in [-0.2, -0.15) is 0 Å². The first kappa shape index (κ1) is 21.9. The van der Waals surface area contributed by atoms with Crippen molar-refractivity contribution in [3.05, 3.63) is 63.8 Å². The van der Waals surface area contributed by atoms with Gasteiger partial charge in [-0.1, -0.05) is 12.1 Å². The van der Waals surface area contributed by atoms with Crippen LogP contribution in [-0.2, 0) is 0 Å². The number of para-hydroxylation sites is 1. The molecule has 1 aliphatic heterocycles. The van der Waals surface area contributed by atoms with Crippen molar-refractivity contribution in [1.29, 1.82) is 0 Å². The Morgan fingerprint density at radius 2 is 2.00 bits per heavy atom. The number of halogens is 2. The van der Waals surface area contributed by atoms with Gasteiger partial charge in [0.1, 0.15) is 12.2 Å². The maximum Gasteiger partial charge on any atom is 0.263 e. The van der Waals surface area contributed by atoms with Gasteiger partial charge in [0.05, 0.1) is 6.54 Å². The molecule has 0 spiro atoms. The average molecular weight is 410 g/mol. The summed E-state index contributed by atoms with van der Waals surface area (Å²) in [5, 5.41) is 5.96. The Kier molecular flexibility index (Phi) is 8.02. The van der Waals surface area contributed by atoms with Crippen LogP contribution >= 0.6 is 12.4 Å². The molecule has 8 heteroatoms. The van der Waals surface area contributed by atoms with Crippen LogP contribution in [0.4, 0.5) is 4.39 Å². The number of carbonyl (C=O) groups is 1. The van der Waals surface area contributed by atoms with Crippen LogP contribution in [0.3, 0.4) is 0 Å². The van der Waals surface area contributed by atoms with Crippen molar-refractivity contribution < 1.29 is 13.9 Å². The van der Waals surface area contributed by atoms with E-state index in [1.165, 1.54) is 12.1 Å². The first-order valence-electron chi connectivity index (χ1n) is 9.16. The second-order valence-corrected chi connectivity index (χ2v) is 6.60. The van der Waals surface area contributed by atoms with Gasteiger partial charge < -0.3 is 19.9 Å². The molecule has 28 heavy (non-hydrogen) atoms. The van der Waals surface area contributed by atoms with Crippen LogP contribution in [-0.4, -0.2) is 36.7 Å². The molecule has 152 valence electrons. The summed E-state index contributed by atoms with van der Waals surface area (Å²) in [5.74, 6) is -0.749. The topological polar surface area (TPSA) is 72.4 Å². The van der Waals surface area contributed by atoms with Gasteiger partial charge in [0.25, 0.3) is 11.5 Å². The molecule has 6 nitrogen and oxygen atoms in total. The smallest absolute Gasteiger partial charge is 0.263 e. The zero-order valence-electron chi connectivity index (χ0n) is 15.7. The van der Waals surface area contributed by atoms with E-state index in [0.717, 1.165) is 25.9 Å². The molecule has 1 aromatic heterocycles. The van der Waals surface area contributed by atoms with Gasteiger partial charge in [-0.05, 0) is 56.6 Å². The lowest BCUT2D eigenvalue weighted by Gasteiger charge is -2.25. The Balaban J connectivity index is 0.00000280. The van der Waals surface area contributed by atoms with Crippen molar-refractivity contribution in [2.45, 2.75) is 25.8 Å². The number of aromatic nitrogens is 1. The van der Waals surface area contributed by atoms with Crippen LogP contribution < -0.4 is 20.9 Å². The molecule has 1 aromatic carbocycles. The van der Waals surface area contributed by atoms with E-state index in [1.54, 1.807) is 35.9 Å². The summed E-state index contributed by atoms with van der Waals surface area (Å²) in [4.78, 5) is 25.4. The van der Waals surface area contributed by atoms with Crippen molar-refractivity contribution in [2.75, 3.05) is 26.2 Å². The number of nitrogens with zero attached hydrogens (tertiary/aromatic N) is 1. The third-order valence-electron chi connectivity index (χ3n) is 4.74. The van der Waals surface area contributed by atoms with Gasteiger partial charge in [0.15, 0.2) is 11.6 Å². The second-order valence-electron chi connectivity index (χ2n) is 6.60. The highest BCUT2D eigenvalue weighted by molar-refractivity contribution is 5.95. The minimum Gasteiger partial charge on any atom is -0.489 e. The Labute approximate surface area is 169 Å². The molecule has 1 aliphatic rings. The summed E-state index contributed by atoms with van der Waals surface area (Å²) < 4.78 is 20.5. The van der Waals surface area contributed by atoms with E-state index in [2.05, 4.69) is 10.6 Å². The molecule has 2 aromatic rings. The Morgan fingerprint density at radius 1 is 1.29 bits per heavy atom. The number of carbonyl (C=O) groups excluding carboxylic acids is 1. The number of benzene rings is 1. The van der Waals surface area contributed by atoms with Gasteiger partial charge in [0.2, 0.25) is 0 Å². The standard InChI is InChI=1S/C20H24FN3O3.ClH/c1-14-8-12-24(15-6-9-22-10-7-15)20(26)18(14)19(25)23-11-13-27-17-5-3-2-4-16(17)21;/h2-5,8,12,15,22H,6-7,9-11,13H2,1H3,(H,23,25);1H. The molecule has 2 heterocycles. The number of amides is 1. The normalized spacial score (nSPS) is 14.2. The maximum atomic E-state index is 13.5. The van der Waals surface area contributed by atoms with Gasteiger partial charge >= 0.3 is 0 Å². The third kappa shape index (κ3) is 5.11. The summed E-state index contributed by atoms with van der Waals surface area (Å²) in [5.41, 5.74) is 0.522. The minimum absolute atomic E-state index is 0. The summed E-state index contributed by atoms with van der Waals surface area (Å²) in [7, 11) is 0. The molecule has 1 amide bonds. The summed E-state index contributed by atoms with van der Waals surface area (Å²) in [6, 6.07) is 7.99. The molecule has 0 radical (unpaired) electrons. The van der Waals surface area contributed by atoms with Gasteiger partial charge in [0, 0.05) is 12.2 Å². The van der Waals surface area contributed by atoms with E-state index in [0.29, 0.717) is 5.56 Å². The lowest BCUT2D eigenvalue weighted by molar-refractivity contribution is 0.0943. The summed E-state index contributed by atoms with van der Waals surface area (Å²) in [6.07, 6.45) is 3.49. The number of nitrogens with one attached hydrogen (secondary N) is 2. The highest BCUT2D eigenvalue weighted by Crippen LogP contribution is 2.17. The quantitative estimate of drug-likeness (QED) is 0.719. The molecule has 0 atom stereocenters. The first-order chi connectivity index (χ1) is 13.1. The molecule has 2 N–H and O–H groups in total. The predicted molar refractivity (Wildman–Crippen MR) is 108 cm³/mol. The van der Waals surface area contributed by atoms with Crippen molar-refractivity contribution in [3.63, 3.8) is 0 Å². The zero-order valence-corrected chi connectivity index (χ0v) is 16.6. The molecular weight excluding hydrogens is 385 g/mol. The van der Waals surface area contributed by atoms with Crippen molar-refractivity contribution in [1.82, 2.24) is 15.2 Å². The molecule has 0 aliphatic carbocycles. The average Bonchev–Trinajstić information content (AvgIpc) is 2.67. The number of hydrogen-bond acceptors (Lipinski definition) is 4. The maximum absolute atomic E-state index is 13.5. The van der Waals surface area contributed by atoms with Crippen LogP contribution in [0.2, 0.25) is 0 Å². The van der Waals surface area contributed by atoms with E-state index in [-0.39, 0.29) is 48.5 Å². The van der Waals surface area contributed by atoms with Crippen LogP contribution in [0.25, 0.3) is 0 Å². The number of ether oxygens (including phenoxy) is 1. The Bertz CT molecular complexity index is 866. The Morgan fingerprint density at radius 3 is 2.71 bits per heavy atom. The lowest BCUT2D eigenvalue weighted by Crippen LogP contribution is -2.39. The fraction of sp³-hybridized carbons (Fsp3) is 0.400. The van der Waals surface area contributed by atoms with Crippen LogP contribution in [0.15, 0.2) is 41.3 Å². The number of piperidine rings is 1. The fourth-order valence-electron chi connectivity index (χ4n) is 3.27. The minimum atomic E-state index is -0.451. The monoisotopic (exact) mass is 409 g/mol. The van der Waals surface area contributed by atoms with E-state index < -0.39 is 11.7 Å². The van der Waals surface area contributed by atoms with Gasteiger partial charge in [-0.25, -0.2) is 4.39 Å². The van der Waals surface area contributed by atoms with Crippen LogP contribution in [0.1, 0.15) is 34.8 Å². The van der Waals surface area contributed by atoms with Crippen LogP contribution in [0.5, 0.6) is 5.75 Å². The van der Waals surface area contributed by atoms with E-state index in [4.69, 9.17) is 4.74 Å². The molecule has 1 saturated heterocycles. The number of rotatable bonds is 6. The number of pyridine rings is 1. The molecule has 0 saturated carbocycles. The van der Waals surface area contributed by atoms with E-state index >= 15 is 0 Å². The Hall–Kier alpha value is -2.38. The fourth-order valence-corrected chi connectivity index (χ4v) is 3.27.